The van der Waals surface area contributed by atoms with Gasteiger partial charge in [0.05, 0.1) is 22.2 Å². The average molecular weight is 310 g/mol. The molecule has 0 bridgehead atoms. The number of hydrogen-bond donors (Lipinski definition) is 0. The highest BCUT2D eigenvalue weighted by molar-refractivity contribution is 6.43. The van der Waals surface area contributed by atoms with E-state index in [1.165, 1.54) is 19.2 Å². The topological polar surface area (TPSA) is 35.5 Å². The summed E-state index contributed by atoms with van der Waals surface area (Å²) in [6, 6.07) is 2.99. The molecular formula is C12H11Cl3O3. The maximum absolute atomic E-state index is 11.6. The fourth-order valence-electron chi connectivity index (χ4n) is 1.58. The summed E-state index contributed by atoms with van der Waals surface area (Å²) in [5.41, 5.74) is 0. The lowest BCUT2D eigenvalue weighted by Crippen LogP contribution is -2.30. The Labute approximate surface area is 120 Å². The SMILES string of the molecule is COC(=O)C(Oc1cc(Cl)c(Cl)cc1Cl)C1CC1. The first-order valence-corrected chi connectivity index (χ1v) is 6.55. The summed E-state index contributed by atoms with van der Waals surface area (Å²) in [6.07, 6.45) is 1.25. The van der Waals surface area contributed by atoms with Crippen molar-refractivity contribution in [3.8, 4) is 5.75 Å². The van der Waals surface area contributed by atoms with Crippen LogP contribution in [0.15, 0.2) is 12.1 Å². The van der Waals surface area contributed by atoms with Gasteiger partial charge < -0.3 is 9.47 Å². The fourth-order valence-corrected chi connectivity index (χ4v) is 2.16. The fraction of sp³-hybridized carbons (Fsp3) is 0.417. The molecule has 1 unspecified atom stereocenters. The second-order valence-electron chi connectivity index (χ2n) is 4.10. The van der Waals surface area contributed by atoms with Crippen molar-refractivity contribution in [1.29, 1.82) is 0 Å². The van der Waals surface area contributed by atoms with Gasteiger partial charge in [0.25, 0.3) is 0 Å². The molecule has 1 fully saturated rings. The molecular weight excluding hydrogens is 298 g/mol. The van der Waals surface area contributed by atoms with Gasteiger partial charge in [-0.2, -0.15) is 0 Å². The second-order valence-corrected chi connectivity index (χ2v) is 5.32. The van der Waals surface area contributed by atoms with Gasteiger partial charge in [-0.25, -0.2) is 4.79 Å². The minimum Gasteiger partial charge on any atom is -0.477 e. The average Bonchev–Trinajstić information content (AvgIpc) is 3.15. The van der Waals surface area contributed by atoms with Crippen LogP contribution in [-0.4, -0.2) is 19.2 Å². The molecule has 0 spiro atoms. The molecule has 0 radical (unpaired) electrons. The highest BCUT2D eigenvalue weighted by Gasteiger charge is 2.39. The molecule has 2 rings (SSSR count). The maximum Gasteiger partial charge on any atom is 0.347 e. The molecule has 1 aromatic carbocycles. The number of rotatable bonds is 4. The minimum absolute atomic E-state index is 0.183. The van der Waals surface area contributed by atoms with Crippen LogP contribution in [0.4, 0.5) is 0 Å². The van der Waals surface area contributed by atoms with E-state index < -0.39 is 12.1 Å². The minimum atomic E-state index is -0.634. The van der Waals surface area contributed by atoms with Crippen molar-refractivity contribution < 1.29 is 14.3 Å². The number of carbonyl (C=O) groups is 1. The summed E-state index contributed by atoms with van der Waals surface area (Å²) in [6.45, 7) is 0. The molecule has 3 nitrogen and oxygen atoms in total. The van der Waals surface area contributed by atoms with Gasteiger partial charge in [-0.1, -0.05) is 34.8 Å². The second kappa shape index (κ2) is 5.55. The van der Waals surface area contributed by atoms with Gasteiger partial charge in [0, 0.05) is 12.0 Å². The van der Waals surface area contributed by atoms with E-state index in [1.807, 2.05) is 0 Å². The zero-order valence-electron chi connectivity index (χ0n) is 9.58. The van der Waals surface area contributed by atoms with E-state index in [0.29, 0.717) is 20.8 Å². The standard InChI is InChI=1S/C12H11Cl3O3/c1-17-12(16)11(6-2-3-6)18-10-5-8(14)7(13)4-9(10)15/h4-6,11H,2-3H2,1H3. The van der Waals surface area contributed by atoms with Crippen LogP contribution in [0.25, 0.3) is 0 Å². The first kappa shape index (κ1) is 13.8. The predicted molar refractivity (Wildman–Crippen MR) is 70.6 cm³/mol. The lowest BCUT2D eigenvalue weighted by atomic mass is 10.2. The Morgan fingerprint density at radius 2 is 1.83 bits per heavy atom. The number of halogens is 3. The third kappa shape index (κ3) is 3.02. The van der Waals surface area contributed by atoms with Gasteiger partial charge in [-0.3, -0.25) is 0 Å². The van der Waals surface area contributed by atoms with E-state index in [2.05, 4.69) is 0 Å². The molecule has 1 aromatic rings. The highest BCUT2D eigenvalue weighted by Crippen LogP contribution is 2.39. The number of hydrogen-bond acceptors (Lipinski definition) is 3. The van der Waals surface area contributed by atoms with Crippen LogP contribution in [0.1, 0.15) is 12.8 Å². The molecule has 1 atom stereocenters. The molecule has 18 heavy (non-hydrogen) atoms. The summed E-state index contributed by atoms with van der Waals surface area (Å²) in [5, 5.41) is 0.990. The van der Waals surface area contributed by atoms with Gasteiger partial charge in [-0.05, 0) is 18.9 Å². The highest BCUT2D eigenvalue weighted by atomic mass is 35.5. The van der Waals surface area contributed by atoms with E-state index >= 15 is 0 Å². The van der Waals surface area contributed by atoms with Crippen molar-refractivity contribution in [2.75, 3.05) is 7.11 Å². The zero-order valence-corrected chi connectivity index (χ0v) is 11.9. The Bertz CT molecular complexity index is 472. The smallest absolute Gasteiger partial charge is 0.347 e. The molecule has 6 heteroatoms. The van der Waals surface area contributed by atoms with Crippen LogP contribution in [-0.2, 0) is 9.53 Å². The van der Waals surface area contributed by atoms with Crippen LogP contribution >= 0.6 is 34.8 Å². The molecule has 0 heterocycles. The summed E-state index contributed by atoms with van der Waals surface area (Å²) in [5.74, 6) is 0.121. The lowest BCUT2D eigenvalue weighted by Gasteiger charge is -2.17. The van der Waals surface area contributed by atoms with Crippen LogP contribution in [0, 0.1) is 5.92 Å². The van der Waals surface area contributed by atoms with E-state index in [0.717, 1.165) is 12.8 Å². The zero-order chi connectivity index (χ0) is 13.3. The Hall–Kier alpha value is -0.640. The predicted octanol–water partition coefficient (Wildman–Crippen LogP) is 3.98. The van der Waals surface area contributed by atoms with Crippen LogP contribution in [0.2, 0.25) is 15.1 Å². The van der Waals surface area contributed by atoms with Crippen molar-refractivity contribution >= 4 is 40.8 Å². The van der Waals surface area contributed by atoms with Gasteiger partial charge in [0.2, 0.25) is 0 Å². The molecule has 1 saturated carbocycles. The Balaban J connectivity index is 2.21. The first-order chi connectivity index (χ1) is 8.52. The molecule has 1 aliphatic carbocycles. The molecule has 0 saturated heterocycles. The number of carbonyl (C=O) groups excluding carboxylic acids is 1. The molecule has 1 aliphatic rings. The number of ether oxygens (including phenoxy) is 2. The molecule has 98 valence electrons. The summed E-state index contributed by atoms with van der Waals surface area (Å²) < 4.78 is 10.3. The molecule has 0 aromatic heterocycles. The third-order valence-electron chi connectivity index (χ3n) is 2.71. The van der Waals surface area contributed by atoms with Gasteiger partial charge in [0.1, 0.15) is 5.75 Å². The summed E-state index contributed by atoms with van der Waals surface area (Å²) >= 11 is 17.7. The van der Waals surface area contributed by atoms with E-state index in [1.54, 1.807) is 0 Å². The van der Waals surface area contributed by atoms with Crippen LogP contribution in [0.3, 0.4) is 0 Å². The maximum atomic E-state index is 11.6. The first-order valence-electron chi connectivity index (χ1n) is 5.42. The number of esters is 1. The summed E-state index contributed by atoms with van der Waals surface area (Å²) in [7, 11) is 1.33. The van der Waals surface area contributed by atoms with Crippen LogP contribution < -0.4 is 4.74 Å². The quantitative estimate of drug-likeness (QED) is 0.623. The monoisotopic (exact) mass is 308 g/mol. The molecule has 0 N–H and O–H groups in total. The van der Waals surface area contributed by atoms with Crippen molar-refractivity contribution in [3.05, 3.63) is 27.2 Å². The largest absolute Gasteiger partial charge is 0.477 e. The van der Waals surface area contributed by atoms with Gasteiger partial charge >= 0.3 is 5.97 Å². The van der Waals surface area contributed by atoms with E-state index in [4.69, 9.17) is 44.3 Å². The van der Waals surface area contributed by atoms with Crippen LogP contribution in [0.5, 0.6) is 5.75 Å². The van der Waals surface area contributed by atoms with Crippen molar-refractivity contribution in [3.63, 3.8) is 0 Å². The molecule has 0 aliphatic heterocycles. The molecule has 0 amide bonds. The van der Waals surface area contributed by atoms with Gasteiger partial charge in [-0.15, -0.1) is 0 Å². The third-order valence-corrected chi connectivity index (χ3v) is 3.73. The van der Waals surface area contributed by atoms with Gasteiger partial charge in [0.15, 0.2) is 6.10 Å². The number of methoxy groups -OCH3 is 1. The normalized spacial score (nSPS) is 16.2. The number of benzene rings is 1. The van der Waals surface area contributed by atoms with Crippen molar-refractivity contribution in [2.24, 2.45) is 5.92 Å². The van der Waals surface area contributed by atoms with Crippen molar-refractivity contribution in [1.82, 2.24) is 0 Å². The Morgan fingerprint density at radius 1 is 1.22 bits per heavy atom. The summed E-state index contributed by atoms with van der Waals surface area (Å²) in [4.78, 5) is 11.6. The Morgan fingerprint density at radius 3 is 2.39 bits per heavy atom. The van der Waals surface area contributed by atoms with E-state index in [-0.39, 0.29) is 5.92 Å². The lowest BCUT2D eigenvalue weighted by molar-refractivity contribution is -0.149. The Kier molecular flexibility index (Phi) is 4.25. The van der Waals surface area contributed by atoms with Crippen molar-refractivity contribution in [2.45, 2.75) is 18.9 Å². The van der Waals surface area contributed by atoms with E-state index in [9.17, 15) is 4.79 Å².